The van der Waals surface area contributed by atoms with Crippen molar-refractivity contribution in [3.63, 3.8) is 0 Å². The Morgan fingerprint density at radius 1 is 0.663 bits per heavy atom. The van der Waals surface area contributed by atoms with E-state index in [1.807, 2.05) is 97.1 Å². The van der Waals surface area contributed by atoms with Crippen LogP contribution in [0.25, 0.3) is 21.5 Å². The van der Waals surface area contributed by atoms with E-state index in [2.05, 4.69) is 49.7 Å². The van der Waals surface area contributed by atoms with Crippen LogP contribution in [-0.4, -0.2) is 145 Å². The van der Waals surface area contributed by atoms with Crippen LogP contribution < -0.4 is 73.5 Å². The van der Waals surface area contributed by atoms with Crippen LogP contribution in [0.5, 0.6) is 11.5 Å². The number of anilines is 1. The number of rotatable bonds is 28. The molecule has 22 nitrogen and oxygen atoms in total. The van der Waals surface area contributed by atoms with Gasteiger partial charge in [-0.05, 0) is 135 Å². The minimum atomic E-state index is -4.38. The molecule has 4 aromatic carbocycles. The number of amides is 4. The Bertz CT molecular complexity index is 3880. The van der Waals surface area contributed by atoms with E-state index in [1.54, 1.807) is 0 Å². The van der Waals surface area contributed by atoms with Crippen molar-refractivity contribution in [1.29, 1.82) is 0 Å². The third-order valence-corrected chi connectivity index (χ3v) is 17.6. The molecule has 28 heteroatoms. The van der Waals surface area contributed by atoms with Crippen LogP contribution in [0.15, 0.2) is 109 Å². The van der Waals surface area contributed by atoms with Crippen molar-refractivity contribution < 1.29 is 153 Å². The van der Waals surface area contributed by atoms with E-state index in [1.165, 1.54) is 6.40 Å². The quantitative estimate of drug-likeness (QED) is 0.0125. The van der Waals surface area contributed by atoms with Crippen molar-refractivity contribution in [1.82, 2.24) is 10.1 Å². The first-order chi connectivity index (χ1) is 43.4. The molecule has 4 aromatic rings. The van der Waals surface area contributed by atoms with Crippen LogP contribution in [0.2, 0.25) is 0 Å². The zero-order chi connectivity index (χ0) is 68.0. The molecular weight excluding hydrogens is 1270 g/mol. The fraction of sp³-hybridized carbons (Fsp3) is 0.438. The molecule has 4 amide bonds. The molecule has 0 aliphatic carbocycles. The Hall–Kier alpha value is -5.64. The molecule has 8 rings (SSSR count). The minimum Gasteiger partial charge on any atom is -0.748 e. The summed E-state index contributed by atoms with van der Waals surface area (Å²) in [5, 5.41) is 13.0. The van der Waals surface area contributed by atoms with Crippen LogP contribution in [0, 0.1) is 12.8 Å². The first kappa shape index (κ1) is 77.1. The molecule has 0 aromatic heterocycles. The largest absolute Gasteiger partial charge is 1.00 e. The van der Waals surface area contributed by atoms with Gasteiger partial charge in [-0.1, -0.05) is 62.4 Å². The van der Waals surface area contributed by atoms with Gasteiger partial charge in [0.05, 0.1) is 57.5 Å². The van der Waals surface area contributed by atoms with E-state index in [9.17, 15) is 67.3 Å². The summed E-state index contributed by atoms with van der Waals surface area (Å²) in [6.07, 6.45) is 23.5. The number of halogens is 1. The summed E-state index contributed by atoms with van der Waals surface area (Å²) in [5.41, 5.74) is 4.83. The first-order valence-electron chi connectivity index (χ1n) is 30.3. The van der Waals surface area contributed by atoms with Gasteiger partial charge in [-0.15, -0.1) is 17.9 Å². The molecule has 0 bridgehead atoms. The second-order valence-corrected chi connectivity index (χ2v) is 26.9. The number of fused-ring (bicyclic) bond motifs is 6. The van der Waals surface area contributed by atoms with Crippen molar-refractivity contribution in [3.8, 4) is 24.3 Å². The van der Waals surface area contributed by atoms with Gasteiger partial charge in [-0.25, -0.2) is 30.0 Å². The number of hydroxylamine groups is 4. The molecule has 488 valence electrons. The molecule has 4 aliphatic heterocycles. The van der Waals surface area contributed by atoms with Crippen LogP contribution in [0.3, 0.4) is 0 Å². The number of hydrogen-bond donors (Lipinski definition) is 1. The number of imide groups is 2. The van der Waals surface area contributed by atoms with Crippen LogP contribution in [0.4, 0.5) is 15.8 Å². The van der Waals surface area contributed by atoms with Gasteiger partial charge in [0.2, 0.25) is 5.69 Å². The van der Waals surface area contributed by atoms with Crippen molar-refractivity contribution in [2.24, 2.45) is 0 Å². The summed E-state index contributed by atoms with van der Waals surface area (Å²) in [7, 11) is -14.1. The molecule has 2 saturated heterocycles. The van der Waals surface area contributed by atoms with E-state index in [0.29, 0.717) is 74.8 Å². The molecule has 0 spiro atoms. The van der Waals surface area contributed by atoms with Crippen molar-refractivity contribution in [2.45, 2.75) is 128 Å². The number of hydrogen-bond acceptors (Lipinski definition) is 19. The van der Waals surface area contributed by atoms with E-state index < -0.39 is 95.2 Å². The molecule has 2 fully saturated rings. The SMILES string of the molecule is CC1(C)C(/C=C/C=C/C=C/C=C2/N(CCCCS(=O)(=O)[O-])c3ccc4ccc(OCCCCCC(=O)ON5C(=O)CCC5=O)cc4c3C2(C)C)=[N+](CCCCS(=O)(=O)[O-])c2ccc3ccc(OCCCCS(=O)(=O)[O-])cc3c21.O=C1CCC(=O)N1O.[2H]C#C.[2H]CF.[Na+].[Na+]. The molecule has 0 saturated carbocycles. The average molecular weight is 1350 g/mol. The molecular formula is C64H77FN4Na2O18S3. The third-order valence-electron chi connectivity index (χ3n) is 15.2. The number of terminal acetylenes is 1. The van der Waals surface area contributed by atoms with Gasteiger partial charge in [0, 0.05) is 96.8 Å². The number of alkyl halides is 1. The number of unbranched alkanes of at least 4 members (excludes halogenated alkanes) is 5. The first-order valence-corrected chi connectivity index (χ1v) is 33.8. The topological polar surface area (TPSA) is 318 Å². The monoisotopic (exact) mass is 1350 g/mol. The van der Waals surface area contributed by atoms with Crippen LogP contribution in [0.1, 0.15) is 131 Å². The maximum Gasteiger partial charge on any atom is 1.00 e. The van der Waals surface area contributed by atoms with Gasteiger partial charge in [0.25, 0.3) is 23.6 Å². The van der Waals surface area contributed by atoms with Crippen LogP contribution >= 0.6 is 0 Å². The van der Waals surface area contributed by atoms with E-state index in [-0.39, 0.29) is 122 Å². The molecule has 4 heterocycles. The van der Waals surface area contributed by atoms with Gasteiger partial charge >= 0.3 is 65.1 Å². The van der Waals surface area contributed by atoms with Gasteiger partial charge in [0.15, 0.2) is 5.71 Å². The maximum atomic E-state index is 12.2. The van der Waals surface area contributed by atoms with Crippen molar-refractivity contribution >= 4 is 98.6 Å². The predicted molar refractivity (Wildman–Crippen MR) is 334 cm³/mol. The smallest absolute Gasteiger partial charge is 0.748 e. The molecule has 92 heavy (non-hydrogen) atoms. The summed E-state index contributed by atoms with van der Waals surface area (Å²) < 4.78 is 138. The van der Waals surface area contributed by atoms with Gasteiger partial charge in [-0.2, -0.15) is 9.64 Å². The average Bonchev–Trinajstić information content (AvgIpc) is 1.57. The Kier molecular flexibility index (Phi) is 30.9. The normalized spacial score (nSPS) is 16.5. The predicted octanol–water partition coefficient (Wildman–Crippen LogP) is 2.99. The van der Waals surface area contributed by atoms with Gasteiger partial charge in [-0.3, -0.25) is 28.8 Å². The second kappa shape index (κ2) is 36.9. The summed E-state index contributed by atoms with van der Waals surface area (Å²) >= 11 is 0. The van der Waals surface area contributed by atoms with E-state index >= 15 is 0 Å². The molecule has 0 atom stereocenters. The van der Waals surface area contributed by atoms with Gasteiger partial charge in [0.1, 0.15) is 19.4 Å². The van der Waals surface area contributed by atoms with Crippen molar-refractivity contribution in [2.75, 3.05) is 55.6 Å². The molecule has 1 N–H and O–H groups in total. The second-order valence-electron chi connectivity index (χ2n) is 22.4. The summed E-state index contributed by atoms with van der Waals surface area (Å²) in [6, 6.07) is 19.8. The summed E-state index contributed by atoms with van der Waals surface area (Å²) in [5.74, 6) is -2.80. The molecule has 4 aliphatic rings. The van der Waals surface area contributed by atoms with E-state index in [4.69, 9.17) is 22.3 Å². The fourth-order valence-electron chi connectivity index (χ4n) is 11.0. The number of carbonyl (C=O) groups excluding carboxylic acids is 5. The Morgan fingerprint density at radius 2 is 1.13 bits per heavy atom. The number of carbonyl (C=O) groups is 5. The standard InChI is InChI=1S/C57H69N3O15S3.C4H5NO3.C2H2.CH3F.2Na/c1-56(2)49(58(32-12-16-36-76(64,65)66)47-28-24-41-22-26-43(39-45(41)54(47)56)73-34-14-8-11-21-53(63)75-60-51(61)30-31-52(60)62)19-9-6-5-7-10-20-50-57(3,4)55-46-40-44(74-35-15-18-38-78(70,71)72)27-23-42(46)25-29-48(55)59(50)33-13-17-37-77(67,68)69;6-3-1-2-4(7)5(3)8;2*1-2;;/h5-7,9-10,19-20,22-29,39-40H,8,11-18,21,30-38H2,1-4H3,(H2-,64,65,66,67,68,69,70,71,72);8H,1-2H2;1-2H;1H3;;/q;;;;2*+1/p-2/i;;2*1D;;. The van der Waals surface area contributed by atoms with E-state index in [0.717, 1.165) is 55.5 Å². The number of benzene rings is 4. The number of nitrogens with zero attached hydrogens (tertiary/aromatic N) is 4. The Morgan fingerprint density at radius 3 is 1.66 bits per heavy atom. The van der Waals surface area contributed by atoms with Crippen LogP contribution in [-0.2, 0) is 70.0 Å². The Balaban J connectivity index is 0.00000129. The summed E-state index contributed by atoms with van der Waals surface area (Å²) in [4.78, 5) is 63.4. The number of allylic oxidation sites excluding steroid dienone is 8. The maximum absolute atomic E-state index is 12.2. The zero-order valence-corrected chi connectivity index (χ0v) is 59.2. The minimum absolute atomic E-state index is 0. The zero-order valence-electron chi connectivity index (χ0n) is 54.7. The van der Waals surface area contributed by atoms with Crippen molar-refractivity contribution in [3.05, 3.63) is 120 Å². The number of ether oxygens (including phenoxy) is 2. The Labute approximate surface area is 585 Å². The molecule has 0 radical (unpaired) electrons. The fourth-order valence-corrected chi connectivity index (χ4v) is 12.7. The third kappa shape index (κ3) is 22.8. The summed E-state index contributed by atoms with van der Waals surface area (Å²) in [6.45, 7) is 10.0. The molecule has 0 unspecified atom stereocenters. The van der Waals surface area contributed by atoms with Gasteiger partial charge < -0.3 is 32.9 Å².